The highest BCUT2D eigenvalue weighted by molar-refractivity contribution is 7.18. The lowest BCUT2D eigenvalue weighted by molar-refractivity contribution is 0.101. The molecule has 0 aliphatic carbocycles. The molecule has 1 aromatic carbocycles. The quantitative estimate of drug-likeness (QED) is 0.659. The van der Waals surface area contributed by atoms with Crippen molar-refractivity contribution in [1.82, 2.24) is 9.97 Å². The third-order valence-electron chi connectivity index (χ3n) is 4.70. The van der Waals surface area contributed by atoms with Gasteiger partial charge in [-0.3, -0.25) is 4.79 Å². The first kappa shape index (κ1) is 16.9. The van der Waals surface area contributed by atoms with Crippen LogP contribution >= 0.6 is 11.3 Å². The molecule has 26 heavy (non-hydrogen) atoms. The molecule has 0 bridgehead atoms. The van der Waals surface area contributed by atoms with Gasteiger partial charge in [0.1, 0.15) is 22.8 Å². The number of rotatable bonds is 3. The summed E-state index contributed by atoms with van der Waals surface area (Å²) in [6, 6.07) is 6.95. The Hall–Kier alpha value is -2.54. The third-order valence-corrected chi connectivity index (χ3v) is 5.65. The van der Waals surface area contributed by atoms with E-state index in [-0.39, 0.29) is 11.3 Å². The third kappa shape index (κ3) is 2.92. The number of hydrogen-bond acceptors (Lipinski definition) is 6. The zero-order valence-electron chi connectivity index (χ0n) is 14.7. The number of aromatic nitrogens is 2. The van der Waals surface area contributed by atoms with Crippen molar-refractivity contribution in [3.05, 3.63) is 46.9 Å². The van der Waals surface area contributed by atoms with Gasteiger partial charge in [-0.2, -0.15) is 0 Å². The van der Waals surface area contributed by atoms with Crippen LogP contribution in [0.3, 0.4) is 0 Å². The highest BCUT2D eigenvalue weighted by Gasteiger charge is 2.24. The number of anilines is 2. The first-order valence-corrected chi connectivity index (χ1v) is 9.36. The Kier molecular flexibility index (Phi) is 4.32. The highest BCUT2D eigenvalue weighted by atomic mass is 32.1. The van der Waals surface area contributed by atoms with Gasteiger partial charge in [0.25, 0.3) is 0 Å². The van der Waals surface area contributed by atoms with Crippen molar-refractivity contribution in [3.8, 4) is 0 Å². The van der Waals surface area contributed by atoms with Crippen molar-refractivity contribution in [2.24, 2.45) is 0 Å². The van der Waals surface area contributed by atoms with Crippen LogP contribution in [0, 0.1) is 12.7 Å². The van der Waals surface area contributed by atoms with Crippen molar-refractivity contribution in [1.29, 1.82) is 0 Å². The van der Waals surface area contributed by atoms with Crippen LogP contribution in [0.4, 0.5) is 15.9 Å². The summed E-state index contributed by atoms with van der Waals surface area (Å²) >= 11 is 1.67. The number of fused-ring (bicyclic) bond motifs is 1. The average molecular weight is 370 g/mol. The van der Waals surface area contributed by atoms with E-state index in [2.05, 4.69) is 32.8 Å². The second kappa shape index (κ2) is 6.64. The number of ketones is 1. The lowest BCUT2D eigenvalue weighted by atomic mass is 10.1. The lowest BCUT2D eigenvalue weighted by Crippen LogP contribution is -2.47. The molecule has 0 radical (unpaired) electrons. The fraction of sp³-hybridized carbons (Fsp3) is 0.316. The van der Waals surface area contributed by atoms with Crippen molar-refractivity contribution in [3.63, 3.8) is 0 Å². The first-order chi connectivity index (χ1) is 12.5. The summed E-state index contributed by atoms with van der Waals surface area (Å²) in [5.41, 5.74) is 0.857. The molecule has 0 N–H and O–H groups in total. The minimum atomic E-state index is -0.455. The number of nitrogens with zero attached hydrogens (tertiary/aromatic N) is 4. The van der Waals surface area contributed by atoms with Crippen LogP contribution < -0.4 is 9.80 Å². The summed E-state index contributed by atoms with van der Waals surface area (Å²) in [5.74, 6) is 0.250. The molecule has 134 valence electrons. The predicted molar refractivity (Wildman–Crippen MR) is 103 cm³/mol. The fourth-order valence-electron chi connectivity index (χ4n) is 3.50. The normalized spacial score (nSPS) is 14.9. The largest absolute Gasteiger partial charge is 0.367 e. The van der Waals surface area contributed by atoms with Gasteiger partial charge < -0.3 is 9.80 Å². The van der Waals surface area contributed by atoms with Gasteiger partial charge in [0, 0.05) is 31.1 Å². The number of halogens is 1. The number of hydrogen-bond donors (Lipinski definition) is 0. The van der Waals surface area contributed by atoms with Crippen LogP contribution in [0.1, 0.15) is 22.2 Å². The second-order valence-corrected chi connectivity index (χ2v) is 7.67. The monoisotopic (exact) mass is 370 g/mol. The summed E-state index contributed by atoms with van der Waals surface area (Å²) in [5, 5.41) is 1.08. The Labute approximate surface area is 155 Å². The van der Waals surface area contributed by atoms with Crippen molar-refractivity contribution >= 4 is 38.8 Å². The zero-order chi connectivity index (χ0) is 18.3. The molecular weight excluding hydrogens is 351 g/mol. The molecule has 1 aliphatic rings. The van der Waals surface area contributed by atoms with Gasteiger partial charge in [0.05, 0.1) is 16.6 Å². The Balaban J connectivity index is 1.58. The summed E-state index contributed by atoms with van der Waals surface area (Å²) in [6.45, 7) is 6.41. The fourth-order valence-corrected chi connectivity index (χ4v) is 4.34. The van der Waals surface area contributed by atoms with Crippen molar-refractivity contribution < 1.29 is 9.18 Å². The minimum absolute atomic E-state index is 0.179. The number of Topliss-reactive ketones (excluding diaryl/α,β-unsaturated/α-hetero) is 1. The molecule has 3 heterocycles. The summed E-state index contributed by atoms with van der Waals surface area (Å²) in [4.78, 5) is 27.2. The summed E-state index contributed by atoms with van der Waals surface area (Å²) in [7, 11) is 0. The van der Waals surface area contributed by atoms with E-state index in [4.69, 9.17) is 0 Å². The van der Waals surface area contributed by atoms with Crippen LogP contribution in [0.25, 0.3) is 10.2 Å². The van der Waals surface area contributed by atoms with Crippen molar-refractivity contribution in [2.75, 3.05) is 36.0 Å². The molecule has 0 spiro atoms. The topological polar surface area (TPSA) is 49.3 Å². The number of carbonyl (C=O) groups excluding carboxylic acids is 1. The van der Waals surface area contributed by atoms with E-state index in [1.54, 1.807) is 23.7 Å². The second-order valence-electron chi connectivity index (χ2n) is 6.44. The SMILES string of the molecule is CC(=O)c1c(F)cccc1N1CCN(c2ncnc3sc(C)cc23)CC1. The number of thiophene rings is 1. The van der Waals surface area contributed by atoms with Gasteiger partial charge in [-0.25, -0.2) is 14.4 Å². The Bertz CT molecular complexity index is 979. The molecule has 4 rings (SSSR count). The van der Waals surface area contributed by atoms with Gasteiger partial charge in [0.2, 0.25) is 0 Å². The number of benzene rings is 1. The summed E-state index contributed by atoms with van der Waals surface area (Å²) in [6.07, 6.45) is 1.61. The standard InChI is InChI=1S/C19H19FN4OS/c1-12-10-14-18(21-11-22-19(14)26-12)24-8-6-23(7-9-24)16-5-3-4-15(20)17(16)13(2)25/h3-5,10-11H,6-9H2,1-2H3. The van der Waals surface area contributed by atoms with Crippen LogP contribution in [0.5, 0.6) is 0 Å². The zero-order valence-corrected chi connectivity index (χ0v) is 15.5. The number of carbonyl (C=O) groups is 1. The molecule has 5 nitrogen and oxygen atoms in total. The van der Waals surface area contributed by atoms with E-state index < -0.39 is 5.82 Å². The molecule has 1 saturated heterocycles. The molecule has 2 aromatic heterocycles. The van der Waals surface area contributed by atoms with Gasteiger partial charge >= 0.3 is 0 Å². The molecule has 0 saturated carbocycles. The van der Waals surface area contributed by atoms with Gasteiger partial charge in [-0.15, -0.1) is 11.3 Å². The predicted octanol–water partition coefficient (Wildman–Crippen LogP) is 3.67. The highest BCUT2D eigenvalue weighted by Crippen LogP contribution is 2.31. The molecule has 3 aromatic rings. The van der Waals surface area contributed by atoms with E-state index >= 15 is 0 Å². The Morgan fingerprint density at radius 3 is 2.62 bits per heavy atom. The first-order valence-electron chi connectivity index (χ1n) is 8.55. The molecule has 0 amide bonds. The van der Waals surface area contributed by atoms with Crippen LogP contribution in [0.15, 0.2) is 30.6 Å². The molecular formula is C19H19FN4OS. The Morgan fingerprint density at radius 1 is 1.15 bits per heavy atom. The van der Waals surface area contributed by atoms with Crippen LogP contribution in [-0.2, 0) is 0 Å². The van der Waals surface area contributed by atoms with E-state index in [0.717, 1.165) is 29.1 Å². The smallest absolute Gasteiger partial charge is 0.164 e. The van der Waals surface area contributed by atoms with Crippen LogP contribution in [-0.4, -0.2) is 41.9 Å². The van der Waals surface area contributed by atoms with Crippen molar-refractivity contribution in [2.45, 2.75) is 13.8 Å². The average Bonchev–Trinajstić information content (AvgIpc) is 3.01. The van der Waals surface area contributed by atoms with E-state index in [1.807, 2.05) is 6.07 Å². The maximum Gasteiger partial charge on any atom is 0.164 e. The maximum absolute atomic E-state index is 14.1. The van der Waals surface area contributed by atoms with Gasteiger partial charge in [-0.05, 0) is 32.0 Å². The van der Waals surface area contributed by atoms with Crippen LogP contribution in [0.2, 0.25) is 0 Å². The lowest BCUT2D eigenvalue weighted by Gasteiger charge is -2.37. The molecule has 7 heteroatoms. The molecule has 1 fully saturated rings. The van der Waals surface area contributed by atoms with Gasteiger partial charge in [0.15, 0.2) is 5.78 Å². The van der Waals surface area contributed by atoms with E-state index in [1.165, 1.54) is 17.9 Å². The molecule has 0 unspecified atom stereocenters. The molecule has 1 aliphatic heterocycles. The molecule has 0 atom stereocenters. The van der Waals surface area contributed by atoms with E-state index in [9.17, 15) is 9.18 Å². The number of piperazine rings is 1. The Morgan fingerprint density at radius 2 is 1.88 bits per heavy atom. The van der Waals surface area contributed by atoms with E-state index in [0.29, 0.717) is 18.8 Å². The number of aryl methyl sites for hydroxylation is 1. The van der Waals surface area contributed by atoms with Gasteiger partial charge in [-0.1, -0.05) is 6.07 Å². The maximum atomic E-state index is 14.1. The summed E-state index contributed by atoms with van der Waals surface area (Å²) < 4.78 is 14.1. The minimum Gasteiger partial charge on any atom is -0.367 e.